The third-order valence-corrected chi connectivity index (χ3v) is 5.15. The van der Waals surface area contributed by atoms with Crippen LogP contribution < -0.4 is 10.1 Å². The van der Waals surface area contributed by atoms with Gasteiger partial charge in [0.15, 0.2) is 0 Å². The van der Waals surface area contributed by atoms with Crippen molar-refractivity contribution in [1.29, 1.82) is 0 Å². The van der Waals surface area contributed by atoms with Crippen LogP contribution in [-0.2, 0) is 6.54 Å². The molecular weight excluding hydrogens is 319 g/mol. The van der Waals surface area contributed by atoms with Crippen molar-refractivity contribution in [3.8, 4) is 5.75 Å². The summed E-state index contributed by atoms with van der Waals surface area (Å²) < 4.78 is 19.0. The Morgan fingerprint density at radius 3 is 2.56 bits per heavy atom. The summed E-state index contributed by atoms with van der Waals surface area (Å²) in [6, 6.07) is 14.0. The van der Waals surface area contributed by atoms with Crippen molar-refractivity contribution in [3.05, 3.63) is 65.5 Å². The topological polar surface area (TPSA) is 41.6 Å². The molecule has 2 aromatic carbocycles. The highest BCUT2D eigenvalue weighted by Gasteiger charge is 2.39. The van der Waals surface area contributed by atoms with E-state index in [2.05, 4.69) is 10.2 Å². The molecule has 0 radical (unpaired) electrons. The van der Waals surface area contributed by atoms with Crippen LogP contribution in [0.15, 0.2) is 48.5 Å². The Morgan fingerprint density at radius 2 is 1.80 bits per heavy atom. The number of piperidine rings is 1. The zero-order valence-electron chi connectivity index (χ0n) is 14.0. The van der Waals surface area contributed by atoms with Crippen molar-refractivity contribution in [2.75, 3.05) is 19.7 Å². The van der Waals surface area contributed by atoms with Gasteiger partial charge in [0.25, 0.3) is 5.91 Å². The number of likely N-dealkylation sites (tertiary alicyclic amines) is 1. The Kier molecular flexibility index (Phi) is 4.17. The molecule has 0 saturated carbocycles. The van der Waals surface area contributed by atoms with Gasteiger partial charge in [-0.1, -0.05) is 24.3 Å². The van der Waals surface area contributed by atoms with Gasteiger partial charge in [-0.15, -0.1) is 0 Å². The lowest BCUT2D eigenvalue weighted by molar-refractivity contribution is 0.0709. The molecule has 5 heteroatoms. The molecule has 2 heterocycles. The van der Waals surface area contributed by atoms with E-state index in [0.717, 1.165) is 38.0 Å². The van der Waals surface area contributed by atoms with Crippen LogP contribution >= 0.6 is 0 Å². The second-order valence-corrected chi connectivity index (χ2v) is 6.92. The number of fused-ring (bicyclic) bond motifs is 1. The standard InChI is InChI=1S/C20H21FN2O2/c21-16-7-5-15(6-8-16)13-23-11-9-20(10-12-23)14-25-18-4-2-1-3-17(18)19(24)22-20/h1-8H,9-14H2,(H,22,24). The Morgan fingerprint density at radius 1 is 1.08 bits per heavy atom. The van der Waals surface area contributed by atoms with Gasteiger partial charge in [0.1, 0.15) is 18.2 Å². The first kappa shape index (κ1) is 16.1. The minimum absolute atomic E-state index is 0.0555. The third-order valence-electron chi connectivity index (χ3n) is 5.15. The highest BCUT2D eigenvalue weighted by atomic mass is 19.1. The number of carbonyl (C=O) groups excluding carboxylic acids is 1. The summed E-state index contributed by atoms with van der Waals surface area (Å²) in [6.07, 6.45) is 1.68. The summed E-state index contributed by atoms with van der Waals surface area (Å²) in [5.74, 6) is 0.393. The van der Waals surface area contributed by atoms with Crippen LogP contribution in [0.2, 0.25) is 0 Å². The van der Waals surface area contributed by atoms with E-state index in [9.17, 15) is 9.18 Å². The van der Waals surface area contributed by atoms with E-state index in [4.69, 9.17) is 4.74 Å². The fourth-order valence-electron chi connectivity index (χ4n) is 3.60. The van der Waals surface area contributed by atoms with Gasteiger partial charge >= 0.3 is 0 Å². The van der Waals surface area contributed by atoms with E-state index in [-0.39, 0.29) is 17.3 Å². The molecule has 2 aliphatic heterocycles. The number of halogens is 1. The predicted octanol–water partition coefficient (Wildman–Crippen LogP) is 2.98. The normalized spacial score (nSPS) is 19.6. The fraction of sp³-hybridized carbons (Fsp3) is 0.350. The van der Waals surface area contributed by atoms with Gasteiger partial charge in [-0.05, 0) is 42.7 Å². The van der Waals surface area contributed by atoms with Crippen LogP contribution in [0.3, 0.4) is 0 Å². The summed E-state index contributed by atoms with van der Waals surface area (Å²) in [5, 5.41) is 3.20. The number of amides is 1. The first-order valence-corrected chi connectivity index (χ1v) is 8.65. The molecule has 0 aliphatic carbocycles. The van der Waals surface area contributed by atoms with Crippen LogP contribution in [0.4, 0.5) is 4.39 Å². The molecule has 1 fully saturated rings. The van der Waals surface area contributed by atoms with Crippen LogP contribution in [0, 0.1) is 5.82 Å². The quantitative estimate of drug-likeness (QED) is 0.914. The van der Waals surface area contributed by atoms with Gasteiger partial charge in [-0.2, -0.15) is 0 Å². The molecule has 1 N–H and O–H groups in total. The lowest BCUT2D eigenvalue weighted by Gasteiger charge is -2.41. The molecular formula is C20H21FN2O2. The monoisotopic (exact) mass is 340 g/mol. The van der Waals surface area contributed by atoms with Gasteiger partial charge in [0.2, 0.25) is 0 Å². The Bertz CT molecular complexity index is 768. The molecule has 1 amide bonds. The van der Waals surface area contributed by atoms with Crippen LogP contribution in [-0.4, -0.2) is 36.0 Å². The molecule has 0 bridgehead atoms. The van der Waals surface area contributed by atoms with E-state index >= 15 is 0 Å². The Balaban J connectivity index is 1.41. The largest absolute Gasteiger partial charge is 0.490 e. The SMILES string of the molecule is O=C1NC2(CCN(Cc3ccc(F)cc3)CC2)COc2ccccc21. The van der Waals surface area contributed by atoms with Gasteiger partial charge in [-0.25, -0.2) is 4.39 Å². The van der Waals surface area contributed by atoms with Crippen LogP contribution in [0.1, 0.15) is 28.8 Å². The lowest BCUT2D eigenvalue weighted by atomic mass is 9.88. The average molecular weight is 340 g/mol. The van der Waals surface area contributed by atoms with Crippen molar-refractivity contribution < 1.29 is 13.9 Å². The van der Waals surface area contributed by atoms with Crippen LogP contribution in [0.25, 0.3) is 0 Å². The number of hydrogen-bond acceptors (Lipinski definition) is 3. The van der Waals surface area contributed by atoms with E-state index < -0.39 is 0 Å². The van der Waals surface area contributed by atoms with E-state index in [1.165, 1.54) is 12.1 Å². The van der Waals surface area contributed by atoms with Crippen molar-refractivity contribution in [2.24, 2.45) is 0 Å². The Labute approximate surface area is 146 Å². The van der Waals surface area contributed by atoms with Gasteiger partial charge < -0.3 is 10.1 Å². The third kappa shape index (κ3) is 3.37. The van der Waals surface area contributed by atoms with Gasteiger partial charge in [0.05, 0.1) is 11.1 Å². The minimum Gasteiger partial charge on any atom is -0.490 e. The molecule has 4 rings (SSSR count). The smallest absolute Gasteiger partial charge is 0.255 e. The van der Waals surface area contributed by atoms with E-state index in [1.54, 1.807) is 6.07 Å². The molecule has 1 spiro atoms. The number of ether oxygens (including phenoxy) is 1. The van der Waals surface area contributed by atoms with Crippen molar-refractivity contribution >= 4 is 5.91 Å². The molecule has 2 aliphatic rings. The van der Waals surface area contributed by atoms with Crippen molar-refractivity contribution in [3.63, 3.8) is 0 Å². The van der Waals surface area contributed by atoms with E-state index in [0.29, 0.717) is 17.9 Å². The van der Waals surface area contributed by atoms with Gasteiger partial charge in [-0.3, -0.25) is 9.69 Å². The zero-order chi connectivity index (χ0) is 17.3. The molecule has 25 heavy (non-hydrogen) atoms. The molecule has 2 aromatic rings. The highest BCUT2D eigenvalue weighted by Crippen LogP contribution is 2.30. The minimum atomic E-state index is -0.310. The maximum absolute atomic E-state index is 13.0. The molecule has 0 unspecified atom stereocenters. The number of benzene rings is 2. The molecule has 0 atom stereocenters. The maximum atomic E-state index is 13.0. The first-order valence-electron chi connectivity index (χ1n) is 8.65. The first-order chi connectivity index (χ1) is 12.1. The number of para-hydroxylation sites is 1. The number of carbonyl (C=O) groups is 1. The lowest BCUT2D eigenvalue weighted by Crippen LogP contribution is -2.57. The number of nitrogens with zero attached hydrogens (tertiary/aromatic N) is 1. The van der Waals surface area contributed by atoms with E-state index in [1.807, 2.05) is 30.3 Å². The molecule has 4 nitrogen and oxygen atoms in total. The maximum Gasteiger partial charge on any atom is 0.255 e. The average Bonchev–Trinajstić information content (AvgIpc) is 2.77. The second-order valence-electron chi connectivity index (χ2n) is 6.92. The van der Waals surface area contributed by atoms with Crippen LogP contribution in [0.5, 0.6) is 5.75 Å². The predicted molar refractivity (Wildman–Crippen MR) is 93.0 cm³/mol. The summed E-state index contributed by atoms with van der Waals surface area (Å²) >= 11 is 0. The molecule has 0 aromatic heterocycles. The summed E-state index contributed by atoms with van der Waals surface area (Å²) in [6.45, 7) is 3.04. The second kappa shape index (κ2) is 6.48. The number of nitrogens with one attached hydrogen (secondary N) is 1. The number of rotatable bonds is 2. The van der Waals surface area contributed by atoms with Crippen molar-refractivity contribution in [1.82, 2.24) is 10.2 Å². The Hall–Kier alpha value is -2.40. The summed E-state index contributed by atoms with van der Waals surface area (Å²) in [4.78, 5) is 14.9. The summed E-state index contributed by atoms with van der Waals surface area (Å²) in [7, 11) is 0. The molecule has 130 valence electrons. The van der Waals surface area contributed by atoms with Gasteiger partial charge in [0, 0.05) is 19.6 Å². The number of hydrogen-bond donors (Lipinski definition) is 1. The highest BCUT2D eigenvalue weighted by molar-refractivity contribution is 5.97. The van der Waals surface area contributed by atoms with Crippen molar-refractivity contribution in [2.45, 2.75) is 24.9 Å². The summed E-state index contributed by atoms with van der Waals surface area (Å²) in [5.41, 5.74) is 1.40. The zero-order valence-corrected chi connectivity index (χ0v) is 14.0. The molecule has 1 saturated heterocycles. The fourth-order valence-corrected chi connectivity index (χ4v) is 3.60.